The Labute approximate surface area is 129 Å². The van der Waals surface area contributed by atoms with Crippen molar-refractivity contribution < 1.29 is 0 Å². The fourth-order valence-corrected chi connectivity index (χ4v) is 2.20. The molecule has 0 bridgehead atoms. The van der Waals surface area contributed by atoms with E-state index in [9.17, 15) is 0 Å². The Morgan fingerprint density at radius 3 is 2.45 bits per heavy atom. The molecule has 5 heteroatoms. The van der Waals surface area contributed by atoms with E-state index in [-0.39, 0.29) is 0 Å². The molecule has 22 heavy (non-hydrogen) atoms. The van der Waals surface area contributed by atoms with E-state index in [1.165, 1.54) is 16.7 Å². The van der Waals surface area contributed by atoms with Crippen LogP contribution in [0.4, 0.5) is 5.95 Å². The molecule has 0 amide bonds. The molecule has 0 saturated carbocycles. The number of hydrogen-bond acceptors (Lipinski definition) is 4. The van der Waals surface area contributed by atoms with Gasteiger partial charge in [0.25, 0.3) is 0 Å². The average Bonchev–Trinajstić information content (AvgIpc) is 3.02. The van der Waals surface area contributed by atoms with Crippen LogP contribution in [-0.2, 0) is 13.1 Å². The highest BCUT2D eigenvalue weighted by Crippen LogP contribution is 2.19. The quantitative estimate of drug-likeness (QED) is 0.709. The maximum absolute atomic E-state index is 3.96. The van der Waals surface area contributed by atoms with Crippen LogP contribution in [0.1, 0.15) is 5.56 Å². The second kappa shape index (κ2) is 6.67. The van der Waals surface area contributed by atoms with Gasteiger partial charge in [-0.1, -0.05) is 65.8 Å². The molecule has 0 fully saturated rings. The number of nitrogens with one attached hydrogen (secondary N) is 1. The number of hydrogen-bond donors (Lipinski definition) is 1. The molecule has 3 aromatic rings. The normalized spacial score (nSPS) is 10.4. The van der Waals surface area contributed by atoms with Crippen LogP contribution in [0.3, 0.4) is 0 Å². The number of tetrazole rings is 1. The maximum Gasteiger partial charge on any atom is 0.243 e. The summed E-state index contributed by atoms with van der Waals surface area (Å²) in [6, 6.07) is 18.8. The molecule has 1 aromatic heterocycles. The molecule has 0 aliphatic carbocycles. The van der Waals surface area contributed by atoms with Crippen molar-refractivity contribution in [3.8, 4) is 11.1 Å². The third kappa shape index (κ3) is 3.20. The van der Waals surface area contributed by atoms with Gasteiger partial charge in [-0.2, -0.15) is 0 Å². The molecule has 0 aliphatic rings. The zero-order chi connectivity index (χ0) is 15.2. The summed E-state index contributed by atoms with van der Waals surface area (Å²) in [4.78, 5) is 0. The van der Waals surface area contributed by atoms with Gasteiger partial charge in [0.2, 0.25) is 5.95 Å². The highest BCUT2D eigenvalue weighted by molar-refractivity contribution is 5.63. The van der Waals surface area contributed by atoms with E-state index >= 15 is 0 Å². The highest BCUT2D eigenvalue weighted by atomic mass is 15.6. The summed E-state index contributed by atoms with van der Waals surface area (Å²) in [5.41, 5.74) is 3.60. The van der Waals surface area contributed by atoms with Gasteiger partial charge in [0.15, 0.2) is 0 Å². The van der Waals surface area contributed by atoms with Crippen molar-refractivity contribution in [3.05, 3.63) is 72.8 Å². The molecule has 5 nitrogen and oxygen atoms in total. The lowest BCUT2D eigenvalue weighted by Gasteiger charge is -2.07. The number of nitrogens with zero attached hydrogens (tertiary/aromatic N) is 4. The molecule has 0 unspecified atom stereocenters. The topological polar surface area (TPSA) is 55.6 Å². The van der Waals surface area contributed by atoms with Crippen molar-refractivity contribution in [1.29, 1.82) is 0 Å². The number of allylic oxidation sites excluding steroid dienone is 1. The van der Waals surface area contributed by atoms with Gasteiger partial charge in [-0.15, -0.1) is 6.58 Å². The lowest BCUT2D eigenvalue weighted by atomic mass is 10.0. The summed E-state index contributed by atoms with van der Waals surface area (Å²) in [6.07, 6.45) is 1.76. The van der Waals surface area contributed by atoms with E-state index in [0.29, 0.717) is 19.0 Å². The average molecular weight is 291 g/mol. The Morgan fingerprint density at radius 1 is 1.00 bits per heavy atom. The summed E-state index contributed by atoms with van der Waals surface area (Å²) in [7, 11) is 0. The smallest absolute Gasteiger partial charge is 0.243 e. The van der Waals surface area contributed by atoms with Gasteiger partial charge < -0.3 is 5.32 Å². The van der Waals surface area contributed by atoms with Crippen molar-refractivity contribution in [3.63, 3.8) is 0 Å². The minimum absolute atomic E-state index is 0.586. The van der Waals surface area contributed by atoms with E-state index in [4.69, 9.17) is 0 Å². The first kappa shape index (κ1) is 14.0. The third-order valence-corrected chi connectivity index (χ3v) is 3.35. The van der Waals surface area contributed by atoms with E-state index < -0.39 is 0 Å². The lowest BCUT2D eigenvalue weighted by Crippen LogP contribution is -2.08. The molecule has 1 N–H and O–H groups in total. The molecular formula is C17H17N5. The Kier molecular flexibility index (Phi) is 4.25. The Bertz CT molecular complexity index is 731. The van der Waals surface area contributed by atoms with Gasteiger partial charge >= 0.3 is 0 Å². The fraction of sp³-hybridized carbons (Fsp3) is 0.118. The zero-order valence-electron chi connectivity index (χ0n) is 12.2. The highest BCUT2D eigenvalue weighted by Gasteiger charge is 2.04. The molecule has 110 valence electrons. The Hall–Kier alpha value is -2.95. The molecular weight excluding hydrogens is 274 g/mol. The van der Waals surface area contributed by atoms with Crippen LogP contribution in [0.2, 0.25) is 0 Å². The lowest BCUT2D eigenvalue weighted by molar-refractivity contribution is 0.663. The largest absolute Gasteiger partial charge is 0.349 e. The fourth-order valence-electron chi connectivity index (χ4n) is 2.20. The van der Waals surface area contributed by atoms with Crippen LogP contribution >= 0.6 is 0 Å². The molecule has 1 heterocycles. The SMILES string of the molecule is C=CCn1nnnc1NCc1ccc(-c2ccccc2)cc1. The first-order chi connectivity index (χ1) is 10.9. The van der Waals surface area contributed by atoms with Gasteiger partial charge in [-0.05, 0) is 27.1 Å². The summed E-state index contributed by atoms with van der Waals surface area (Å²) in [6.45, 7) is 4.95. The zero-order valence-corrected chi connectivity index (χ0v) is 12.2. The minimum atomic E-state index is 0.586. The van der Waals surface area contributed by atoms with Crippen LogP contribution in [0.15, 0.2) is 67.3 Å². The number of benzene rings is 2. The molecule has 0 saturated heterocycles. The molecule has 0 spiro atoms. The second-order valence-electron chi connectivity index (χ2n) is 4.89. The first-order valence-electron chi connectivity index (χ1n) is 7.12. The van der Waals surface area contributed by atoms with E-state index in [1.807, 2.05) is 18.2 Å². The summed E-state index contributed by atoms with van der Waals surface area (Å²) in [5.74, 6) is 0.645. The predicted octanol–water partition coefficient (Wildman–Crippen LogP) is 3.14. The van der Waals surface area contributed by atoms with Crippen molar-refractivity contribution >= 4 is 5.95 Å². The van der Waals surface area contributed by atoms with Crippen LogP contribution < -0.4 is 5.32 Å². The molecule has 2 aromatic carbocycles. The number of anilines is 1. The van der Waals surface area contributed by atoms with Crippen LogP contribution in [0, 0.1) is 0 Å². The van der Waals surface area contributed by atoms with Crippen LogP contribution in [0.5, 0.6) is 0 Å². The summed E-state index contributed by atoms with van der Waals surface area (Å²) < 4.78 is 1.67. The van der Waals surface area contributed by atoms with Crippen molar-refractivity contribution in [2.45, 2.75) is 13.1 Å². The second-order valence-corrected chi connectivity index (χ2v) is 4.89. The number of rotatable bonds is 6. The minimum Gasteiger partial charge on any atom is -0.349 e. The third-order valence-electron chi connectivity index (χ3n) is 3.35. The predicted molar refractivity (Wildman–Crippen MR) is 87.2 cm³/mol. The van der Waals surface area contributed by atoms with Gasteiger partial charge in [0.1, 0.15) is 0 Å². The van der Waals surface area contributed by atoms with Gasteiger partial charge in [-0.3, -0.25) is 0 Å². The first-order valence-corrected chi connectivity index (χ1v) is 7.12. The molecule has 0 atom stereocenters. The van der Waals surface area contributed by atoms with E-state index in [1.54, 1.807) is 10.8 Å². The van der Waals surface area contributed by atoms with Gasteiger partial charge in [-0.25, -0.2) is 4.68 Å². The maximum atomic E-state index is 3.96. The van der Waals surface area contributed by atoms with Crippen LogP contribution in [-0.4, -0.2) is 20.2 Å². The van der Waals surface area contributed by atoms with E-state index in [0.717, 1.165) is 0 Å². The summed E-state index contributed by atoms with van der Waals surface area (Å²) >= 11 is 0. The van der Waals surface area contributed by atoms with Gasteiger partial charge in [0.05, 0.1) is 6.54 Å². The standard InChI is InChI=1S/C17H17N5/c1-2-12-22-17(19-20-21-22)18-13-14-8-10-16(11-9-14)15-6-4-3-5-7-15/h2-11H,1,12-13H2,(H,18,19,21). The van der Waals surface area contributed by atoms with Crippen molar-refractivity contribution in [2.24, 2.45) is 0 Å². The van der Waals surface area contributed by atoms with Crippen molar-refractivity contribution in [1.82, 2.24) is 20.2 Å². The molecule has 3 rings (SSSR count). The van der Waals surface area contributed by atoms with Crippen LogP contribution in [0.25, 0.3) is 11.1 Å². The number of aromatic nitrogens is 4. The summed E-state index contributed by atoms with van der Waals surface area (Å²) in [5, 5.41) is 14.7. The van der Waals surface area contributed by atoms with Crippen molar-refractivity contribution in [2.75, 3.05) is 5.32 Å². The molecule has 0 radical (unpaired) electrons. The molecule has 0 aliphatic heterocycles. The Balaban J connectivity index is 1.66. The Morgan fingerprint density at radius 2 is 1.73 bits per heavy atom. The monoisotopic (exact) mass is 291 g/mol. The van der Waals surface area contributed by atoms with E-state index in [2.05, 4.69) is 63.8 Å². The van der Waals surface area contributed by atoms with Gasteiger partial charge in [0, 0.05) is 6.54 Å².